The number of rotatable bonds is 3. The van der Waals surface area contributed by atoms with E-state index < -0.39 is 0 Å². The molecule has 1 aromatic carbocycles. The number of hydrogen-bond donors (Lipinski definition) is 1. The Morgan fingerprint density at radius 1 is 1.29 bits per heavy atom. The maximum atomic E-state index is 11.3. The van der Waals surface area contributed by atoms with E-state index in [2.05, 4.69) is 15.9 Å². The molecular formula is C16H19N4O. The molecule has 0 bridgehead atoms. The number of benzene rings is 1. The van der Waals surface area contributed by atoms with Crippen molar-refractivity contribution in [3.8, 4) is 6.07 Å². The number of likely N-dealkylation sites (tertiary alicyclic amines) is 1. The lowest BCUT2D eigenvalue weighted by Crippen LogP contribution is -2.61. The summed E-state index contributed by atoms with van der Waals surface area (Å²) < 4.78 is 0. The Kier molecular flexibility index (Phi) is 3.80. The Labute approximate surface area is 124 Å². The van der Waals surface area contributed by atoms with E-state index in [0.29, 0.717) is 6.04 Å². The lowest BCUT2D eigenvalue weighted by Gasteiger charge is -2.47. The van der Waals surface area contributed by atoms with Gasteiger partial charge in [-0.2, -0.15) is 5.26 Å². The zero-order valence-electron chi connectivity index (χ0n) is 11.9. The van der Waals surface area contributed by atoms with Gasteiger partial charge in [-0.05, 0) is 25.0 Å². The minimum absolute atomic E-state index is 0.187. The van der Waals surface area contributed by atoms with Gasteiger partial charge in [0.15, 0.2) is 0 Å². The Bertz CT molecular complexity index is 572. The molecule has 2 heterocycles. The second kappa shape index (κ2) is 5.74. The standard InChI is InChI=1S/C16H19N4O/c17-11-12-3-1-2-4-14(12)19-8-5-13(6-9-19)20-10-7-15(20)16(18)21/h1-4,7,13,15H,5-6,8-10H2,(H2,18,21). The van der Waals surface area contributed by atoms with E-state index in [1.807, 2.05) is 30.7 Å². The van der Waals surface area contributed by atoms with Gasteiger partial charge >= 0.3 is 0 Å². The maximum absolute atomic E-state index is 11.3. The van der Waals surface area contributed by atoms with Crippen LogP contribution in [0.15, 0.2) is 24.3 Å². The molecular weight excluding hydrogens is 264 g/mol. The van der Waals surface area contributed by atoms with E-state index in [9.17, 15) is 10.1 Å². The number of carbonyl (C=O) groups excluding carboxylic acids is 1. The molecule has 1 atom stereocenters. The minimum atomic E-state index is -0.251. The predicted octanol–water partition coefficient (Wildman–Crippen LogP) is 0.901. The number of piperidine rings is 1. The molecule has 5 nitrogen and oxygen atoms in total. The molecule has 2 aliphatic heterocycles. The molecule has 2 fully saturated rings. The quantitative estimate of drug-likeness (QED) is 0.894. The van der Waals surface area contributed by atoms with Crippen LogP contribution in [-0.2, 0) is 4.79 Å². The number of nitrogens with two attached hydrogens (primary N) is 1. The molecule has 5 heteroatoms. The van der Waals surface area contributed by atoms with Gasteiger partial charge in [-0.1, -0.05) is 12.1 Å². The third kappa shape index (κ3) is 2.59. The molecule has 3 rings (SSSR count). The normalized spacial score (nSPS) is 23.4. The third-order valence-electron chi connectivity index (χ3n) is 4.49. The summed E-state index contributed by atoms with van der Waals surface area (Å²) in [6, 6.07) is 10.2. The molecule has 0 saturated carbocycles. The van der Waals surface area contributed by atoms with Crippen molar-refractivity contribution in [3.63, 3.8) is 0 Å². The fourth-order valence-corrected chi connectivity index (χ4v) is 3.27. The Balaban J connectivity index is 1.63. The van der Waals surface area contributed by atoms with Crippen molar-refractivity contribution >= 4 is 11.6 Å². The van der Waals surface area contributed by atoms with Crippen molar-refractivity contribution in [2.24, 2.45) is 5.73 Å². The fraction of sp³-hybridized carbons (Fsp3) is 0.438. The van der Waals surface area contributed by atoms with Crippen molar-refractivity contribution in [1.82, 2.24) is 4.90 Å². The Morgan fingerprint density at radius 3 is 2.57 bits per heavy atom. The van der Waals surface area contributed by atoms with Crippen LogP contribution < -0.4 is 10.6 Å². The zero-order chi connectivity index (χ0) is 14.8. The summed E-state index contributed by atoms with van der Waals surface area (Å²) in [5.41, 5.74) is 7.13. The van der Waals surface area contributed by atoms with Crippen LogP contribution in [0.2, 0.25) is 0 Å². The first-order chi connectivity index (χ1) is 10.2. The summed E-state index contributed by atoms with van der Waals surface area (Å²) in [5, 5.41) is 9.19. The van der Waals surface area contributed by atoms with Gasteiger partial charge in [-0.3, -0.25) is 9.69 Å². The van der Waals surface area contributed by atoms with Crippen molar-refractivity contribution in [1.29, 1.82) is 5.26 Å². The van der Waals surface area contributed by atoms with Crippen LogP contribution in [0, 0.1) is 17.8 Å². The number of amides is 1. The summed E-state index contributed by atoms with van der Waals surface area (Å²) >= 11 is 0. The van der Waals surface area contributed by atoms with Crippen molar-refractivity contribution < 1.29 is 4.79 Å². The average Bonchev–Trinajstić information content (AvgIpc) is 2.46. The second-order valence-electron chi connectivity index (χ2n) is 5.63. The van der Waals surface area contributed by atoms with E-state index in [1.165, 1.54) is 0 Å². The number of anilines is 1. The molecule has 0 aromatic heterocycles. The molecule has 2 saturated heterocycles. The van der Waals surface area contributed by atoms with Crippen LogP contribution in [0.25, 0.3) is 0 Å². The number of primary amides is 1. The van der Waals surface area contributed by atoms with Gasteiger partial charge in [0, 0.05) is 32.1 Å². The van der Waals surface area contributed by atoms with Crippen LogP contribution in [-0.4, -0.2) is 42.5 Å². The fourth-order valence-electron chi connectivity index (χ4n) is 3.27. The second-order valence-corrected chi connectivity index (χ2v) is 5.63. The van der Waals surface area contributed by atoms with Gasteiger partial charge in [0.1, 0.15) is 6.07 Å². The highest BCUT2D eigenvalue weighted by Crippen LogP contribution is 2.29. The van der Waals surface area contributed by atoms with Crippen LogP contribution in [0.3, 0.4) is 0 Å². The molecule has 109 valence electrons. The van der Waals surface area contributed by atoms with E-state index >= 15 is 0 Å². The highest BCUT2D eigenvalue weighted by Gasteiger charge is 2.38. The van der Waals surface area contributed by atoms with Crippen LogP contribution in [0.1, 0.15) is 18.4 Å². The highest BCUT2D eigenvalue weighted by molar-refractivity contribution is 5.82. The maximum Gasteiger partial charge on any atom is 0.235 e. The first kappa shape index (κ1) is 13.9. The summed E-state index contributed by atoms with van der Waals surface area (Å²) in [6.07, 6.45) is 3.97. The molecule has 2 aliphatic rings. The summed E-state index contributed by atoms with van der Waals surface area (Å²) in [6.45, 7) is 2.67. The first-order valence-electron chi connectivity index (χ1n) is 7.33. The van der Waals surface area contributed by atoms with Crippen molar-refractivity contribution in [3.05, 3.63) is 36.2 Å². The number of para-hydroxylation sites is 1. The largest absolute Gasteiger partial charge is 0.370 e. The number of nitriles is 1. The topological polar surface area (TPSA) is 73.4 Å². The van der Waals surface area contributed by atoms with E-state index in [4.69, 9.17) is 5.73 Å². The van der Waals surface area contributed by atoms with Gasteiger partial charge in [0.2, 0.25) is 5.91 Å². The minimum Gasteiger partial charge on any atom is -0.370 e. The number of carbonyl (C=O) groups is 1. The van der Waals surface area contributed by atoms with E-state index in [0.717, 1.165) is 43.7 Å². The van der Waals surface area contributed by atoms with Crippen molar-refractivity contribution in [2.45, 2.75) is 24.9 Å². The molecule has 21 heavy (non-hydrogen) atoms. The molecule has 1 amide bonds. The first-order valence-corrected chi connectivity index (χ1v) is 7.33. The molecule has 0 aliphatic carbocycles. The number of nitrogens with zero attached hydrogens (tertiary/aromatic N) is 3. The van der Waals surface area contributed by atoms with Crippen LogP contribution in [0.4, 0.5) is 5.69 Å². The summed E-state index contributed by atoms with van der Waals surface area (Å²) in [4.78, 5) is 15.8. The number of hydrogen-bond acceptors (Lipinski definition) is 4. The molecule has 0 spiro atoms. The van der Waals surface area contributed by atoms with Crippen molar-refractivity contribution in [2.75, 3.05) is 24.5 Å². The van der Waals surface area contributed by atoms with Gasteiger partial charge < -0.3 is 10.6 Å². The molecule has 1 radical (unpaired) electrons. The van der Waals surface area contributed by atoms with Crippen LogP contribution >= 0.6 is 0 Å². The highest BCUT2D eigenvalue weighted by atomic mass is 16.1. The average molecular weight is 283 g/mol. The summed E-state index contributed by atoms with van der Waals surface area (Å²) in [5.74, 6) is -0.251. The van der Waals surface area contributed by atoms with Gasteiger partial charge in [-0.15, -0.1) is 0 Å². The van der Waals surface area contributed by atoms with Gasteiger partial charge in [-0.25, -0.2) is 0 Å². The smallest absolute Gasteiger partial charge is 0.235 e. The van der Waals surface area contributed by atoms with Crippen LogP contribution in [0.5, 0.6) is 0 Å². The summed E-state index contributed by atoms with van der Waals surface area (Å²) in [7, 11) is 0. The predicted molar refractivity (Wildman–Crippen MR) is 80.4 cm³/mol. The Morgan fingerprint density at radius 2 is 2.00 bits per heavy atom. The molecule has 1 unspecified atom stereocenters. The Hall–Kier alpha value is -2.06. The lowest BCUT2D eigenvalue weighted by atomic mass is 9.93. The SMILES string of the molecule is N#Cc1ccccc1N1CCC(N2C[CH]C2C(N)=O)CC1. The van der Waals surface area contributed by atoms with Gasteiger partial charge in [0.05, 0.1) is 17.3 Å². The zero-order valence-corrected chi connectivity index (χ0v) is 11.9. The van der Waals surface area contributed by atoms with E-state index in [1.54, 1.807) is 0 Å². The molecule has 2 N–H and O–H groups in total. The van der Waals surface area contributed by atoms with Gasteiger partial charge in [0.25, 0.3) is 0 Å². The lowest BCUT2D eigenvalue weighted by molar-refractivity contribution is -0.126. The molecule has 1 aromatic rings. The monoisotopic (exact) mass is 283 g/mol. The van der Waals surface area contributed by atoms with E-state index in [-0.39, 0.29) is 11.9 Å². The third-order valence-corrected chi connectivity index (χ3v) is 4.49.